The van der Waals surface area contributed by atoms with Gasteiger partial charge in [-0.1, -0.05) is 32.6 Å². The zero-order chi connectivity index (χ0) is 18.1. The lowest BCUT2D eigenvalue weighted by atomic mass is 10.1. The molecule has 0 aliphatic rings. The van der Waals surface area contributed by atoms with E-state index in [1.54, 1.807) is 25.3 Å². The number of nitro benzene ring substituents is 1. The van der Waals surface area contributed by atoms with Gasteiger partial charge in [0.05, 0.1) is 11.5 Å². The Bertz CT molecular complexity index is 666. The van der Waals surface area contributed by atoms with E-state index in [9.17, 15) is 14.9 Å². The van der Waals surface area contributed by atoms with Crippen molar-refractivity contribution in [2.75, 3.05) is 6.61 Å². The van der Waals surface area contributed by atoms with Crippen molar-refractivity contribution < 1.29 is 14.5 Å². The molecule has 7 heteroatoms. The normalized spacial score (nSPS) is 11.6. The Morgan fingerprint density at radius 2 is 2.21 bits per heavy atom. The minimum atomic E-state index is -0.593. The number of ether oxygens (including phenoxy) is 1. The summed E-state index contributed by atoms with van der Waals surface area (Å²) in [4.78, 5) is 22.6. The SMILES string of the molecule is C=CN(/N=C\C(C)C)/C(=C\c1cccc([N+](=O)[O-])c1)C(=O)OCC. The molecule has 24 heavy (non-hydrogen) atoms. The predicted molar refractivity (Wildman–Crippen MR) is 93.1 cm³/mol. The number of hydrogen-bond acceptors (Lipinski definition) is 6. The van der Waals surface area contributed by atoms with E-state index in [4.69, 9.17) is 4.74 Å². The first kappa shape index (κ1) is 19.1. The highest BCUT2D eigenvalue weighted by molar-refractivity contribution is 5.93. The molecule has 0 aromatic heterocycles. The fourth-order valence-corrected chi connectivity index (χ4v) is 1.72. The Hall–Kier alpha value is -2.96. The lowest BCUT2D eigenvalue weighted by Crippen LogP contribution is -2.20. The van der Waals surface area contributed by atoms with Crippen molar-refractivity contribution >= 4 is 23.9 Å². The zero-order valence-electron chi connectivity index (χ0n) is 14.0. The predicted octanol–water partition coefficient (Wildman–Crippen LogP) is 3.59. The second kappa shape index (κ2) is 9.24. The standard InChI is InChI=1S/C17H21N3O4/c1-5-19(18-12-13(3)4)16(17(21)24-6-2)11-14-8-7-9-15(10-14)20(22)23/h5,7-13H,1,6H2,2-4H3/b16-11-,18-12-. The van der Waals surface area contributed by atoms with E-state index in [2.05, 4.69) is 11.7 Å². The molecule has 1 aromatic carbocycles. The summed E-state index contributed by atoms with van der Waals surface area (Å²) in [6.07, 6.45) is 4.51. The van der Waals surface area contributed by atoms with Crippen molar-refractivity contribution in [2.24, 2.45) is 11.0 Å². The van der Waals surface area contributed by atoms with E-state index >= 15 is 0 Å². The monoisotopic (exact) mass is 331 g/mol. The van der Waals surface area contributed by atoms with Gasteiger partial charge in [-0.3, -0.25) is 10.1 Å². The molecule has 0 saturated carbocycles. The molecule has 0 saturated heterocycles. The summed E-state index contributed by atoms with van der Waals surface area (Å²) < 4.78 is 5.04. The fourth-order valence-electron chi connectivity index (χ4n) is 1.72. The van der Waals surface area contributed by atoms with Gasteiger partial charge in [0.2, 0.25) is 0 Å². The lowest BCUT2D eigenvalue weighted by Gasteiger charge is -2.17. The Labute approximate surface area is 141 Å². The van der Waals surface area contributed by atoms with Crippen molar-refractivity contribution in [3.63, 3.8) is 0 Å². The second-order valence-electron chi connectivity index (χ2n) is 5.14. The van der Waals surface area contributed by atoms with Gasteiger partial charge in [0.25, 0.3) is 5.69 Å². The van der Waals surface area contributed by atoms with Crippen LogP contribution in [0.15, 0.2) is 47.8 Å². The summed E-state index contributed by atoms with van der Waals surface area (Å²) in [6.45, 7) is 9.42. The maximum atomic E-state index is 12.2. The molecule has 7 nitrogen and oxygen atoms in total. The van der Waals surface area contributed by atoms with Crippen molar-refractivity contribution in [3.05, 3.63) is 58.4 Å². The number of esters is 1. The van der Waals surface area contributed by atoms with E-state index in [0.29, 0.717) is 5.56 Å². The second-order valence-corrected chi connectivity index (χ2v) is 5.14. The van der Waals surface area contributed by atoms with Gasteiger partial charge in [-0.05, 0) is 24.5 Å². The molecule has 0 spiro atoms. The van der Waals surface area contributed by atoms with Gasteiger partial charge >= 0.3 is 5.97 Å². The molecule has 0 aliphatic heterocycles. The highest BCUT2D eigenvalue weighted by Crippen LogP contribution is 2.18. The molecule has 0 amide bonds. The maximum Gasteiger partial charge on any atom is 0.356 e. The zero-order valence-corrected chi connectivity index (χ0v) is 14.0. The van der Waals surface area contributed by atoms with Crippen LogP contribution in [-0.4, -0.2) is 28.7 Å². The number of nitrogens with zero attached hydrogens (tertiary/aromatic N) is 3. The molecular formula is C17H21N3O4. The smallest absolute Gasteiger partial charge is 0.356 e. The van der Waals surface area contributed by atoms with Crippen LogP contribution in [0.3, 0.4) is 0 Å². The number of nitro groups is 1. The van der Waals surface area contributed by atoms with E-state index in [1.165, 1.54) is 29.4 Å². The Morgan fingerprint density at radius 1 is 1.50 bits per heavy atom. The minimum absolute atomic E-state index is 0.0669. The van der Waals surface area contributed by atoms with Gasteiger partial charge in [-0.25, -0.2) is 9.80 Å². The first-order chi connectivity index (χ1) is 11.4. The summed E-state index contributed by atoms with van der Waals surface area (Å²) in [7, 11) is 0. The van der Waals surface area contributed by atoms with E-state index in [0.717, 1.165) is 0 Å². The molecule has 0 fully saturated rings. The van der Waals surface area contributed by atoms with Crippen LogP contribution in [0, 0.1) is 16.0 Å². The van der Waals surface area contributed by atoms with Crippen LogP contribution >= 0.6 is 0 Å². The molecule has 1 aromatic rings. The molecule has 0 radical (unpaired) electrons. The van der Waals surface area contributed by atoms with Crippen LogP contribution < -0.4 is 0 Å². The summed E-state index contributed by atoms with van der Waals surface area (Å²) in [5.74, 6) is -0.418. The molecule has 128 valence electrons. The molecule has 0 unspecified atom stereocenters. The first-order valence-electron chi connectivity index (χ1n) is 7.48. The molecule has 1 rings (SSSR count). The van der Waals surface area contributed by atoms with Crippen LogP contribution in [0.1, 0.15) is 26.3 Å². The van der Waals surface area contributed by atoms with Gasteiger partial charge < -0.3 is 4.74 Å². The van der Waals surface area contributed by atoms with Gasteiger partial charge in [-0.15, -0.1) is 0 Å². The van der Waals surface area contributed by atoms with E-state index in [1.807, 2.05) is 13.8 Å². The fraction of sp³-hybridized carbons (Fsp3) is 0.294. The first-order valence-corrected chi connectivity index (χ1v) is 7.48. The van der Waals surface area contributed by atoms with Crippen LogP contribution in [0.25, 0.3) is 6.08 Å². The number of hydrogen-bond donors (Lipinski definition) is 0. The third kappa shape index (κ3) is 5.68. The van der Waals surface area contributed by atoms with Crippen LogP contribution in [0.2, 0.25) is 0 Å². The van der Waals surface area contributed by atoms with Crippen LogP contribution in [0.4, 0.5) is 5.69 Å². The van der Waals surface area contributed by atoms with Crippen molar-refractivity contribution in [3.8, 4) is 0 Å². The van der Waals surface area contributed by atoms with Crippen molar-refractivity contribution in [1.29, 1.82) is 0 Å². The Morgan fingerprint density at radius 3 is 2.75 bits per heavy atom. The summed E-state index contributed by atoms with van der Waals surface area (Å²) in [5.41, 5.74) is 0.533. The van der Waals surface area contributed by atoms with Crippen molar-refractivity contribution in [2.45, 2.75) is 20.8 Å². The molecule has 0 N–H and O–H groups in total. The van der Waals surface area contributed by atoms with Crippen LogP contribution in [0.5, 0.6) is 0 Å². The molecule has 0 bridgehead atoms. The van der Waals surface area contributed by atoms with Gasteiger partial charge in [-0.2, -0.15) is 5.10 Å². The minimum Gasteiger partial charge on any atom is -0.461 e. The lowest BCUT2D eigenvalue weighted by molar-refractivity contribution is -0.384. The Balaban J connectivity index is 3.30. The number of non-ortho nitro benzene ring substituents is 1. The number of benzene rings is 1. The molecule has 0 aliphatic carbocycles. The molecule has 0 heterocycles. The number of carbonyl (C=O) groups is 1. The Kier molecular flexibility index (Phi) is 7.35. The highest BCUT2D eigenvalue weighted by atomic mass is 16.6. The third-order valence-electron chi connectivity index (χ3n) is 2.78. The summed E-state index contributed by atoms with van der Waals surface area (Å²) >= 11 is 0. The van der Waals surface area contributed by atoms with Crippen LogP contribution in [-0.2, 0) is 9.53 Å². The largest absolute Gasteiger partial charge is 0.461 e. The highest BCUT2D eigenvalue weighted by Gasteiger charge is 2.17. The van der Waals surface area contributed by atoms with Gasteiger partial charge in [0.1, 0.15) is 5.70 Å². The van der Waals surface area contributed by atoms with Gasteiger partial charge in [0, 0.05) is 24.5 Å². The van der Waals surface area contributed by atoms with Gasteiger partial charge in [0.15, 0.2) is 0 Å². The van der Waals surface area contributed by atoms with Crippen molar-refractivity contribution in [1.82, 2.24) is 5.01 Å². The molecular weight excluding hydrogens is 310 g/mol. The average molecular weight is 331 g/mol. The maximum absolute atomic E-state index is 12.2. The quantitative estimate of drug-likeness (QED) is 0.239. The summed E-state index contributed by atoms with van der Waals surface area (Å²) in [5, 5.41) is 16.4. The number of rotatable bonds is 8. The third-order valence-corrected chi connectivity index (χ3v) is 2.78. The van der Waals surface area contributed by atoms with E-state index in [-0.39, 0.29) is 23.9 Å². The van der Waals surface area contributed by atoms with E-state index < -0.39 is 10.9 Å². The molecule has 0 atom stereocenters. The summed E-state index contributed by atoms with van der Waals surface area (Å²) in [6, 6.07) is 5.94. The average Bonchev–Trinajstić information content (AvgIpc) is 2.54. The topological polar surface area (TPSA) is 85.0 Å². The number of carbonyl (C=O) groups excluding carboxylic acids is 1. The number of hydrazone groups is 1.